The Bertz CT molecular complexity index is 928. The van der Waals surface area contributed by atoms with E-state index < -0.39 is 5.97 Å². The molecule has 0 aliphatic carbocycles. The first-order valence-electron chi connectivity index (χ1n) is 8.25. The molecule has 0 spiro atoms. The zero-order valence-electron chi connectivity index (χ0n) is 14.8. The van der Waals surface area contributed by atoms with Crippen molar-refractivity contribution in [1.82, 2.24) is 14.8 Å². The van der Waals surface area contributed by atoms with Gasteiger partial charge in [0.05, 0.1) is 11.3 Å². The molecule has 1 heterocycles. The van der Waals surface area contributed by atoms with Crippen molar-refractivity contribution >= 4 is 5.97 Å². The minimum Gasteiger partial charge on any atom is -0.478 e. The molecule has 2 aromatic carbocycles. The van der Waals surface area contributed by atoms with E-state index >= 15 is 0 Å². The maximum Gasteiger partial charge on any atom is 0.336 e. The van der Waals surface area contributed by atoms with Crippen LogP contribution in [-0.4, -0.2) is 25.8 Å². The van der Waals surface area contributed by atoms with Gasteiger partial charge in [0, 0.05) is 5.92 Å². The summed E-state index contributed by atoms with van der Waals surface area (Å²) in [6, 6.07) is 13.5. The van der Waals surface area contributed by atoms with Gasteiger partial charge in [0.1, 0.15) is 11.6 Å². The fraction of sp³-hybridized carbons (Fsp3) is 0.250. The molecule has 5 nitrogen and oxygen atoms in total. The predicted octanol–water partition coefficient (Wildman–Crippen LogP) is 4.37. The van der Waals surface area contributed by atoms with Crippen molar-refractivity contribution in [2.24, 2.45) is 0 Å². The minimum absolute atomic E-state index is 0.175. The molecule has 0 saturated carbocycles. The molecule has 0 unspecified atom stereocenters. The van der Waals surface area contributed by atoms with Crippen molar-refractivity contribution in [1.29, 1.82) is 0 Å². The predicted molar refractivity (Wildman–Crippen MR) is 97.3 cm³/mol. The fourth-order valence-corrected chi connectivity index (χ4v) is 2.92. The van der Waals surface area contributed by atoms with Crippen LogP contribution in [-0.2, 0) is 0 Å². The molecular weight excluding hydrogens is 314 g/mol. The Hall–Kier alpha value is -2.95. The Morgan fingerprint density at radius 1 is 1.08 bits per heavy atom. The van der Waals surface area contributed by atoms with Gasteiger partial charge >= 0.3 is 5.97 Å². The molecule has 0 aliphatic heterocycles. The van der Waals surface area contributed by atoms with E-state index in [4.69, 9.17) is 0 Å². The lowest BCUT2D eigenvalue weighted by Crippen LogP contribution is -2.10. The van der Waals surface area contributed by atoms with E-state index in [2.05, 4.69) is 23.9 Å². The molecule has 0 amide bonds. The van der Waals surface area contributed by atoms with Crippen LogP contribution in [0, 0.1) is 13.8 Å². The second-order valence-corrected chi connectivity index (χ2v) is 6.42. The molecule has 3 rings (SSSR count). The van der Waals surface area contributed by atoms with Crippen LogP contribution >= 0.6 is 0 Å². The van der Waals surface area contributed by atoms with Crippen LogP contribution in [0.1, 0.15) is 47.3 Å². The second kappa shape index (κ2) is 6.51. The minimum atomic E-state index is -0.945. The third-order valence-corrected chi connectivity index (χ3v) is 4.20. The van der Waals surface area contributed by atoms with Crippen molar-refractivity contribution in [2.75, 3.05) is 0 Å². The molecule has 128 valence electrons. The van der Waals surface area contributed by atoms with Gasteiger partial charge < -0.3 is 5.11 Å². The van der Waals surface area contributed by atoms with Gasteiger partial charge in [0.15, 0.2) is 0 Å². The monoisotopic (exact) mass is 335 g/mol. The summed E-state index contributed by atoms with van der Waals surface area (Å²) in [5.41, 5.74) is 3.52. The number of hydrogen-bond donors (Lipinski definition) is 1. The Morgan fingerprint density at radius 2 is 1.76 bits per heavy atom. The number of carbonyl (C=O) groups is 1. The molecule has 25 heavy (non-hydrogen) atoms. The zero-order chi connectivity index (χ0) is 18.1. The molecule has 1 aromatic heterocycles. The smallest absolute Gasteiger partial charge is 0.336 e. The molecule has 0 atom stereocenters. The van der Waals surface area contributed by atoms with E-state index in [-0.39, 0.29) is 11.5 Å². The van der Waals surface area contributed by atoms with Crippen LogP contribution in [0.2, 0.25) is 0 Å². The van der Waals surface area contributed by atoms with Gasteiger partial charge in [0.2, 0.25) is 0 Å². The van der Waals surface area contributed by atoms with Crippen LogP contribution < -0.4 is 0 Å². The highest BCUT2D eigenvalue weighted by Crippen LogP contribution is 2.29. The maximum atomic E-state index is 11.8. The SMILES string of the molecule is Cc1nc(C(C)C)n(-c2cc(-c3ccccc3)cc(C(=O)O)c2C)n1. The van der Waals surface area contributed by atoms with Crippen LogP contribution in [0.5, 0.6) is 0 Å². The summed E-state index contributed by atoms with van der Waals surface area (Å²) >= 11 is 0. The third kappa shape index (κ3) is 3.18. The van der Waals surface area contributed by atoms with E-state index in [1.807, 2.05) is 50.2 Å². The molecule has 0 fully saturated rings. The highest BCUT2D eigenvalue weighted by atomic mass is 16.4. The number of hydrogen-bond acceptors (Lipinski definition) is 3. The van der Waals surface area contributed by atoms with E-state index in [1.165, 1.54) is 0 Å². The molecule has 5 heteroatoms. The summed E-state index contributed by atoms with van der Waals surface area (Å²) in [4.78, 5) is 16.3. The molecule has 0 radical (unpaired) electrons. The van der Waals surface area contributed by atoms with E-state index in [0.717, 1.165) is 22.6 Å². The summed E-state index contributed by atoms with van der Waals surface area (Å²) in [5, 5.41) is 14.2. The topological polar surface area (TPSA) is 68.0 Å². The van der Waals surface area contributed by atoms with E-state index in [9.17, 15) is 9.90 Å². The highest BCUT2D eigenvalue weighted by molar-refractivity contribution is 5.92. The average molecular weight is 335 g/mol. The molecule has 1 N–H and O–H groups in total. The van der Waals surface area contributed by atoms with Gasteiger partial charge in [-0.3, -0.25) is 0 Å². The summed E-state index contributed by atoms with van der Waals surface area (Å²) in [6.07, 6.45) is 0. The summed E-state index contributed by atoms with van der Waals surface area (Å²) in [5.74, 6) is 0.723. The van der Waals surface area contributed by atoms with Gasteiger partial charge in [-0.05, 0) is 42.7 Å². The second-order valence-electron chi connectivity index (χ2n) is 6.42. The van der Waals surface area contributed by atoms with Crippen molar-refractivity contribution in [3.05, 3.63) is 65.2 Å². The Morgan fingerprint density at radius 3 is 2.36 bits per heavy atom. The first-order chi connectivity index (χ1) is 11.9. The number of aryl methyl sites for hydroxylation is 1. The average Bonchev–Trinajstić information content (AvgIpc) is 2.97. The lowest BCUT2D eigenvalue weighted by atomic mass is 9.97. The normalized spacial score (nSPS) is 11.1. The Balaban J connectivity index is 2.30. The molecule has 3 aromatic rings. The number of carboxylic acids is 1. The Labute approximate surface area is 147 Å². The Kier molecular flexibility index (Phi) is 4.40. The molecule has 0 saturated heterocycles. The molecule has 0 aliphatic rings. The van der Waals surface area contributed by atoms with Crippen LogP contribution in [0.3, 0.4) is 0 Å². The largest absolute Gasteiger partial charge is 0.478 e. The molecular formula is C20H21N3O2. The molecule has 0 bridgehead atoms. The first-order valence-corrected chi connectivity index (χ1v) is 8.25. The van der Waals surface area contributed by atoms with Crippen molar-refractivity contribution < 1.29 is 9.90 Å². The standard InChI is InChI=1S/C20H21N3O2/c1-12(2)19-21-14(4)22-23(19)18-11-16(15-8-6-5-7-9-15)10-17(13(18)3)20(24)25/h5-12H,1-4H3,(H,24,25). The van der Waals surface area contributed by atoms with Crippen LogP contribution in [0.15, 0.2) is 42.5 Å². The zero-order valence-corrected chi connectivity index (χ0v) is 14.8. The van der Waals surface area contributed by atoms with Crippen LogP contribution in [0.4, 0.5) is 0 Å². The van der Waals surface area contributed by atoms with E-state index in [0.29, 0.717) is 11.4 Å². The number of carboxylic acid groups (broad SMARTS) is 1. The van der Waals surface area contributed by atoms with Crippen LogP contribution in [0.25, 0.3) is 16.8 Å². The van der Waals surface area contributed by atoms with Gasteiger partial charge in [-0.15, -0.1) is 0 Å². The fourth-order valence-electron chi connectivity index (χ4n) is 2.92. The third-order valence-electron chi connectivity index (χ3n) is 4.20. The lowest BCUT2D eigenvalue weighted by Gasteiger charge is -2.15. The van der Waals surface area contributed by atoms with Gasteiger partial charge in [-0.2, -0.15) is 5.10 Å². The van der Waals surface area contributed by atoms with Gasteiger partial charge in [-0.1, -0.05) is 44.2 Å². The van der Waals surface area contributed by atoms with Crippen molar-refractivity contribution in [3.63, 3.8) is 0 Å². The van der Waals surface area contributed by atoms with Gasteiger partial charge in [-0.25, -0.2) is 14.5 Å². The van der Waals surface area contributed by atoms with Gasteiger partial charge in [0.25, 0.3) is 0 Å². The summed E-state index contributed by atoms with van der Waals surface area (Å²) in [6.45, 7) is 7.76. The number of rotatable bonds is 4. The van der Waals surface area contributed by atoms with Crippen molar-refractivity contribution in [3.8, 4) is 16.8 Å². The number of aromatic nitrogens is 3. The summed E-state index contributed by atoms with van der Waals surface area (Å²) < 4.78 is 1.77. The van der Waals surface area contributed by atoms with E-state index in [1.54, 1.807) is 10.7 Å². The van der Waals surface area contributed by atoms with Crippen molar-refractivity contribution in [2.45, 2.75) is 33.6 Å². The highest BCUT2D eigenvalue weighted by Gasteiger charge is 2.19. The quantitative estimate of drug-likeness (QED) is 0.768. The maximum absolute atomic E-state index is 11.8. The lowest BCUT2D eigenvalue weighted by molar-refractivity contribution is 0.0696. The number of aromatic carboxylic acids is 1. The number of benzene rings is 2. The first kappa shape index (κ1) is 16.9. The number of nitrogens with zero attached hydrogens (tertiary/aromatic N) is 3. The summed E-state index contributed by atoms with van der Waals surface area (Å²) in [7, 11) is 0.